The zero-order valence-electron chi connectivity index (χ0n) is 11.6. The average Bonchev–Trinajstić information content (AvgIpc) is 2.95. The van der Waals surface area contributed by atoms with Gasteiger partial charge < -0.3 is 19.9 Å². The fraction of sp³-hybridized carbons (Fsp3) is 0.643. The van der Waals surface area contributed by atoms with E-state index in [1.807, 2.05) is 0 Å². The highest BCUT2D eigenvalue weighted by molar-refractivity contribution is 5.30. The first-order valence-electron chi connectivity index (χ1n) is 7.06. The fourth-order valence-corrected chi connectivity index (χ4v) is 2.69. The Hall–Kier alpha value is -1.37. The van der Waals surface area contributed by atoms with Crippen LogP contribution in [0.5, 0.6) is 5.75 Å². The highest BCUT2D eigenvalue weighted by Gasteiger charge is 2.19. The molecule has 6 heteroatoms. The largest absolute Gasteiger partial charge is 0.503 e. The van der Waals surface area contributed by atoms with Gasteiger partial charge in [0, 0.05) is 31.5 Å². The van der Waals surface area contributed by atoms with Crippen molar-refractivity contribution in [3.8, 4) is 5.75 Å². The number of hydrogen-bond donors (Lipinski definition) is 3. The number of rotatable bonds is 6. The van der Waals surface area contributed by atoms with Crippen LogP contribution in [0.25, 0.3) is 0 Å². The van der Waals surface area contributed by atoms with Gasteiger partial charge in [0.15, 0.2) is 5.75 Å². The highest BCUT2D eigenvalue weighted by Crippen LogP contribution is 2.20. The van der Waals surface area contributed by atoms with Crippen LogP contribution in [-0.4, -0.2) is 44.5 Å². The van der Waals surface area contributed by atoms with Crippen molar-refractivity contribution < 1.29 is 15.3 Å². The number of aromatic nitrogens is 1. The first kappa shape index (κ1) is 15.0. The lowest BCUT2D eigenvalue weighted by atomic mass is 10.2. The molecule has 0 aromatic carbocycles. The van der Waals surface area contributed by atoms with Crippen molar-refractivity contribution in [1.82, 2.24) is 9.47 Å². The molecule has 1 aliphatic rings. The van der Waals surface area contributed by atoms with Crippen LogP contribution in [0.4, 0.5) is 0 Å². The Morgan fingerprint density at radius 3 is 2.50 bits per heavy atom. The number of nitrogens with zero attached hydrogens (tertiary/aromatic N) is 2. The van der Waals surface area contributed by atoms with E-state index in [1.54, 1.807) is 4.57 Å². The minimum absolute atomic E-state index is 0.0287. The molecule has 1 aromatic heterocycles. The van der Waals surface area contributed by atoms with Gasteiger partial charge in [-0.2, -0.15) is 0 Å². The maximum atomic E-state index is 11.8. The van der Waals surface area contributed by atoms with Crippen LogP contribution in [0.1, 0.15) is 30.7 Å². The minimum atomic E-state index is -0.455. The molecule has 0 spiro atoms. The van der Waals surface area contributed by atoms with Gasteiger partial charge in [-0.1, -0.05) is 0 Å². The maximum Gasteiger partial charge on any atom is 0.223 e. The summed E-state index contributed by atoms with van der Waals surface area (Å²) in [5.74, 6) is -0.243. The standard InChI is InChI=1S/C14H22N2O4/c17-7-3-6-16-11(10-18)8-13(19)14(20)12(16)9-15-4-1-2-5-15/h8,17-18,20H,1-7,9-10H2. The lowest BCUT2D eigenvalue weighted by Crippen LogP contribution is -2.26. The number of aliphatic hydroxyl groups is 2. The van der Waals surface area contributed by atoms with Crippen LogP contribution < -0.4 is 5.43 Å². The summed E-state index contributed by atoms with van der Waals surface area (Å²) < 4.78 is 1.76. The zero-order valence-corrected chi connectivity index (χ0v) is 11.6. The van der Waals surface area contributed by atoms with Gasteiger partial charge in [-0.25, -0.2) is 0 Å². The topological polar surface area (TPSA) is 85.9 Å². The maximum absolute atomic E-state index is 11.8. The van der Waals surface area contributed by atoms with Crippen molar-refractivity contribution in [2.45, 2.75) is 39.0 Å². The Kier molecular flexibility index (Phi) is 5.17. The fourth-order valence-electron chi connectivity index (χ4n) is 2.69. The molecule has 0 unspecified atom stereocenters. The summed E-state index contributed by atoms with van der Waals surface area (Å²) in [6.07, 6.45) is 2.77. The molecule has 0 aliphatic carbocycles. The molecule has 1 fully saturated rings. The Balaban J connectivity index is 2.37. The number of aromatic hydroxyl groups is 1. The van der Waals surface area contributed by atoms with E-state index in [-0.39, 0.29) is 19.0 Å². The Morgan fingerprint density at radius 1 is 1.20 bits per heavy atom. The molecular weight excluding hydrogens is 260 g/mol. The highest BCUT2D eigenvalue weighted by atomic mass is 16.3. The van der Waals surface area contributed by atoms with E-state index >= 15 is 0 Å². The molecule has 2 rings (SSSR count). The van der Waals surface area contributed by atoms with E-state index in [0.29, 0.717) is 30.9 Å². The first-order chi connectivity index (χ1) is 9.67. The van der Waals surface area contributed by atoms with Gasteiger partial charge in [0.2, 0.25) is 5.43 Å². The van der Waals surface area contributed by atoms with Crippen LogP contribution in [0.3, 0.4) is 0 Å². The smallest absolute Gasteiger partial charge is 0.223 e. The molecule has 0 radical (unpaired) electrons. The third-order valence-corrected chi connectivity index (χ3v) is 3.75. The molecule has 0 atom stereocenters. The van der Waals surface area contributed by atoms with Crippen LogP contribution >= 0.6 is 0 Å². The van der Waals surface area contributed by atoms with Crippen molar-refractivity contribution in [2.24, 2.45) is 0 Å². The molecule has 0 saturated carbocycles. The van der Waals surface area contributed by atoms with E-state index < -0.39 is 5.43 Å². The van der Waals surface area contributed by atoms with Crippen molar-refractivity contribution in [3.05, 3.63) is 27.7 Å². The molecule has 6 nitrogen and oxygen atoms in total. The second-order valence-electron chi connectivity index (χ2n) is 5.17. The summed E-state index contributed by atoms with van der Waals surface area (Å²) in [4.78, 5) is 14.0. The van der Waals surface area contributed by atoms with E-state index in [9.17, 15) is 15.0 Å². The van der Waals surface area contributed by atoms with E-state index in [1.165, 1.54) is 6.07 Å². The van der Waals surface area contributed by atoms with Gasteiger partial charge >= 0.3 is 0 Å². The summed E-state index contributed by atoms with van der Waals surface area (Å²) in [5.41, 5.74) is 0.566. The molecule has 1 saturated heterocycles. The van der Waals surface area contributed by atoms with Crippen molar-refractivity contribution in [1.29, 1.82) is 0 Å². The molecule has 0 bridgehead atoms. The second-order valence-corrected chi connectivity index (χ2v) is 5.17. The average molecular weight is 282 g/mol. The predicted molar refractivity (Wildman–Crippen MR) is 74.5 cm³/mol. The quantitative estimate of drug-likeness (QED) is 0.685. The second kappa shape index (κ2) is 6.88. The summed E-state index contributed by atoms with van der Waals surface area (Å²) in [6, 6.07) is 1.26. The third-order valence-electron chi connectivity index (χ3n) is 3.75. The summed E-state index contributed by atoms with van der Waals surface area (Å²) in [5, 5.41) is 28.4. The SMILES string of the molecule is O=c1cc(CO)n(CCCO)c(CN2CCCC2)c1O. The van der Waals surface area contributed by atoms with Crippen molar-refractivity contribution in [2.75, 3.05) is 19.7 Å². The van der Waals surface area contributed by atoms with Gasteiger partial charge in [0.1, 0.15) is 0 Å². The van der Waals surface area contributed by atoms with Crippen LogP contribution in [0, 0.1) is 0 Å². The van der Waals surface area contributed by atoms with Crippen LogP contribution in [0.15, 0.2) is 10.9 Å². The molecule has 112 valence electrons. The predicted octanol–water partition coefficient (Wildman–Crippen LogP) is 0.0244. The van der Waals surface area contributed by atoms with Gasteiger partial charge in [0.25, 0.3) is 0 Å². The lowest BCUT2D eigenvalue weighted by molar-refractivity contribution is 0.249. The number of aliphatic hydroxyl groups excluding tert-OH is 2. The lowest BCUT2D eigenvalue weighted by Gasteiger charge is -2.22. The molecular formula is C14H22N2O4. The molecule has 1 aromatic rings. The van der Waals surface area contributed by atoms with E-state index in [2.05, 4.69) is 4.90 Å². The van der Waals surface area contributed by atoms with Gasteiger partial charge in [-0.3, -0.25) is 9.69 Å². The summed E-state index contributed by atoms with van der Waals surface area (Å²) in [6.45, 7) is 2.66. The Bertz CT molecular complexity index is 507. The Labute approximate surface area is 117 Å². The molecule has 1 aliphatic heterocycles. The molecule has 20 heavy (non-hydrogen) atoms. The normalized spacial score (nSPS) is 15.9. The van der Waals surface area contributed by atoms with Crippen molar-refractivity contribution >= 4 is 0 Å². The number of likely N-dealkylation sites (tertiary alicyclic amines) is 1. The third kappa shape index (κ3) is 3.20. The van der Waals surface area contributed by atoms with Crippen LogP contribution in [0.2, 0.25) is 0 Å². The van der Waals surface area contributed by atoms with E-state index in [4.69, 9.17) is 5.11 Å². The van der Waals surface area contributed by atoms with Crippen LogP contribution in [-0.2, 0) is 19.7 Å². The summed E-state index contributed by atoms with van der Waals surface area (Å²) >= 11 is 0. The summed E-state index contributed by atoms with van der Waals surface area (Å²) in [7, 11) is 0. The van der Waals surface area contributed by atoms with E-state index in [0.717, 1.165) is 25.9 Å². The Morgan fingerprint density at radius 2 is 1.90 bits per heavy atom. The van der Waals surface area contributed by atoms with Crippen molar-refractivity contribution in [3.63, 3.8) is 0 Å². The molecule has 3 N–H and O–H groups in total. The van der Waals surface area contributed by atoms with Gasteiger partial charge in [-0.15, -0.1) is 0 Å². The van der Waals surface area contributed by atoms with Gasteiger partial charge in [-0.05, 0) is 32.4 Å². The number of pyridine rings is 1. The first-order valence-corrected chi connectivity index (χ1v) is 7.06. The minimum Gasteiger partial charge on any atom is -0.503 e. The number of hydrogen-bond acceptors (Lipinski definition) is 5. The molecule has 2 heterocycles. The monoisotopic (exact) mass is 282 g/mol. The zero-order chi connectivity index (χ0) is 14.5. The molecule has 0 amide bonds. The van der Waals surface area contributed by atoms with Gasteiger partial charge in [0.05, 0.1) is 12.3 Å².